The van der Waals surface area contributed by atoms with Crippen molar-refractivity contribution in [2.75, 3.05) is 18.6 Å². The summed E-state index contributed by atoms with van der Waals surface area (Å²) in [5.41, 5.74) is 3.27. The topological polar surface area (TPSA) is 42.4 Å². The molecule has 0 amide bonds. The lowest BCUT2D eigenvalue weighted by Crippen LogP contribution is -2.09. The van der Waals surface area contributed by atoms with Gasteiger partial charge in [-0.25, -0.2) is 4.98 Å². The van der Waals surface area contributed by atoms with Crippen molar-refractivity contribution in [2.45, 2.75) is 26.7 Å². The molecule has 0 bridgehead atoms. The maximum Gasteiger partial charge on any atom is 0.306 e. The Morgan fingerprint density at radius 3 is 2.71 bits per heavy atom. The first-order valence-electron chi connectivity index (χ1n) is 7.00. The highest BCUT2D eigenvalue weighted by Crippen LogP contribution is 2.27. The number of hydrogen-bond acceptors (Lipinski definition) is 5. The summed E-state index contributed by atoms with van der Waals surface area (Å²) >= 11 is 1.58. The van der Waals surface area contributed by atoms with Crippen LogP contribution in [0.15, 0.2) is 29.6 Å². The first kappa shape index (κ1) is 15.5. The van der Waals surface area contributed by atoms with Crippen LogP contribution in [0.5, 0.6) is 0 Å². The molecule has 112 valence electrons. The standard InChI is InChI=1S/C16H20N2O2S/c1-4-20-15(19)10-7-13-11-21-16(17-13)18(3)14-8-5-12(2)6-9-14/h5-6,8-9,11H,4,7,10H2,1-3H3. The monoisotopic (exact) mass is 304 g/mol. The van der Waals surface area contributed by atoms with Crippen molar-refractivity contribution in [3.05, 3.63) is 40.9 Å². The van der Waals surface area contributed by atoms with Crippen LogP contribution in [0.25, 0.3) is 0 Å². The Bertz CT molecular complexity index is 593. The fourth-order valence-electron chi connectivity index (χ4n) is 1.91. The Morgan fingerprint density at radius 2 is 2.05 bits per heavy atom. The molecule has 1 aromatic carbocycles. The molecule has 21 heavy (non-hydrogen) atoms. The highest BCUT2D eigenvalue weighted by atomic mass is 32.1. The summed E-state index contributed by atoms with van der Waals surface area (Å²) < 4.78 is 4.92. The lowest BCUT2D eigenvalue weighted by Gasteiger charge is -2.15. The number of benzene rings is 1. The average molecular weight is 304 g/mol. The number of aromatic nitrogens is 1. The summed E-state index contributed by atoms with van der Waals surface area (Å²) in [5, 5.41) is 2.93. The van der Waals surface area contributed by atoms with Crippen LogP contribution in [0.2, 0.25) is 0 Å². The highest BCUT2D eigenvalue weighted by Gasteiger charge is 2.10. The van der Waals surface area contributed by atoms with Gasteiger partial charge in [0.05, 0.1) is 18.7 Å². The van der Waals surface area contributed by atoms with Crippen LogP contribution in [0, 0.1) is 6.92 Å². The van der Waals surface area contributed by atoms with E-state index in [9.17, 15) is 4.79 Å². The number of hydrogen-bond donors (Lipinski definition) is 0. The summed E-state index contributed by atoms with van der Waals surface area (Å²) in [4.78, 5) is 18.0. The van der Waals surface area contributed by atoms with Crippen molar-refractivity contribution >= 4 is 28.1 Å². The third-order valence-corrected chi connectivity index (χ3v) is 4.10. The van der Waals surface area contributed by atoms with E-state index in [0.717, 1.165) is 16.5 Å². The van der Waals surface area contributed by atoms with E-state index in [4.69, 9.17) is 4.74 Å². The molecule has 0 N–H and O–H groups in total. The lowest BCUT2D eigenvalue weighted by molar-refractivity contribution is -0.143. The first-order valence-corrected chi connectivity index (χ1v) is 7.88. The number of esters is 1. The Kier molecular flexibility index (Phi) is 5.33. The molecule has 0 saturated carbocycles. The Morgan fingerprint density at radius 1 is 1.33 bits per heavy atom. The summed E-state index contributed by atoms with van der Waals surface area (Å²) in [6, 6.07) is 8.33. The SMILES string of the molecule is CCOC(=O)CCc1csc(N(C)c2ccc(C)cc2)n1. The van der Waals surface area contributed by atoms with Gasteiger partial charge in [0.25, 0.3) is 0 Å². The number of ether oxygens (including phenoxy) is 1. The van der Waals surface area contributed by atoms with E-state index in [1.165, 1.54) is 5.56 Å². The molecule has 0 aliphatic carbocycles. The van der Waals surface area contributed by atoms with Gasteiger partial charge in [-0.1, -0.05) is 17.7 Å². The third kappa shape index (κ3) is 4.29. The quantitative estimate of drug-likeness (QED) is 0.763. The fourth-order valence-corrected chi connectivity index (χ4v) is 2.75. The van der Waals surface area contributed by atoms with E-state index < -0.39 is 0 Å². The van der Waals surface area contributed by atoms with E-state index in [0.29, 0.717) is 19.4 Å². The molecular formula is C16H20N2O2S. The van der Waals surface area contributed by atoms with E-state index in [2.05, 4.69) is 41.1 Å². The van der Waals surface area contributed by atoms with Gasteiger partial charge in [0.15, 0.2) is 5.13 Å². The molecule has 0 atom stereocenters. The van der Waals surface area contributed by atoms with E-state index in [1.54, 1.807) is 11.3 Å². The summed E-state index contributed by atoms with van der Waals surface area (Å²) in [5.74, 6) is -0.168. The number of carbonyl (C=O) groups is 1. The predicted molar refractivity (Wildman–Crippen MR) is 86.3 cm³/mol. The van der Waals surface area contributed by atoms with Gasteiger partial charge in [-0.2, -0.15) is 0 Å². The molecule has 2 rings (SSSR count). The van der Waals surface area contributed by atoms with Crippen molar-refractivity contribution < 1.29 is 9.53 Å². The minimum absolute atomic E-state index is 0.168. The number of nitrogens with zero attached hydrogens (tertiary/aromatic N) is 2. The fraction of sp³-hybridized carbons (Fsp3) is 0.375. The van der Waals surface area contributed by atoms with Gasteiger partial charge in [0.2, 0.25) is 0 Å². The number of thiazole rings is 1. The normalized spacial score (nSPS) is 10.4. The zero-order valence-electron chi connectivity index (χ0n) is 12.6. The van der Waals surface area contributed by atoms with Crippen LogP contribution in [-0.2, 0) is 16.0 Å². The second-order valence-corrected chi connectivity index (χ2v) is 5.66. The van der Waals surface area contributed by atoms with Gasteiger partial charge >= 0.3 is 5.97 Å². The smallest absolute Gasteiger partial charge is 0.306 e. The lowest BCUT2D eigenvalue weighted by atomic mass is 10.2. The molecule has 0 aliphatic rings. The van der Waals surface area contributed by atoms with Gasteiger partial charge in [-0.15, -0.1) is 11.3 Å². The number of rotatable bonds is 6. The van der Waals surface area contributed by atoms with Gasteiger partial charge in [-0.05, 0) is 26.0 Å². The molecule has 0 unspecified atom stereocenters. The minimum Gasteiger partial charge on any atom is -0.466 e. The molecule has 1 heterocycles. The van der Waals surface area contributed by atoms with Crippen LogP contribution in [0.3, 0.4) is 0 Å². The van der Waals surface area contributed by atoms with Crippen molar-refractivity contribution in [3.63, 3.8) is 0 Å². The predicted octanol–water partition coefficient (Wildman–Crippen LogP) is 3.72. The summed E-state index contributed by atoms with van der Waals surface area (Å²) in [7, 11) is 2.00. The van der Waals surface area contributed by atoms with Gasteiger partial charge < -0.3 is 9.64 Å². The Balaban J connectivity index is 1.98. The van der Waals surface area contributed by atoms with Crippen LogP contribution >= 0.6 is 11.3 Å². The average Bonchev–Trinajstić information content (AvgIpc) is 2.94. The Hall–Kier alpha value is -1.88. The molecule has 0 fully saturated rings. The minimum atomic E-state index is -0.168. The molecule has 0 aliphatic heterocycles. The molecule has 4 nitrogen and oxygen atoms in total. The van der Waals surface area contributed by atoms with Gasteiger partial charge in [-0.3, -0.25) is 4.79 Å². The second-order valence-electron chi connectivity index (χ2n) is 4.82. The van der Waals surface area contributed by atoms with Gasteiger partial charge in [0.1, 0.15) is 0 Å². The Labute approximate surface area is 129 Å². The van der Waals surface area contributed by atoms with Gasteiger partial charge in [0, 0.05) is 24.5 Å². The number of carbonyl (C=O) groups excluding carboxylic acids is 1. The molecule has 0 spiro atoms. The molecule has 0 saturated heterocycles. The molecule has 0 radical (unpaired) electrons. The van der Waals surface area contributed by atoms with Crippen LogP contribution < -0.4 is 4.90 Å². The largest absolute Gasteiger partial charge is 0.466 e. The zero-order valence-corrected chi connectivity index (χ0v) is 13.4. The summed E-state index contributed by atoms with van der Waals surface area (Å²) in [6.07, 6.45) is 1.00. The second kappa shape index (κ2) is 7.22. The van der Waals surface area contributed by atoms with Crippen molar-refractivity contribution in [1.29, 1.82) is 0 Å². The van der Waals surface area contributed by atoms with E-state index in [1.807, 2.05) is 19.4 Å². The van der Waals surface area contributed by atoms with Crippen molar-refractivity contribution in [2.24, 2.45) is 0 Å². The first-order chi connectivity index (χ1) is 10.1. The molecule has 1 aromatic heterocycles. The summed E-state index contributed by atoms with van der Waals surface area (Å²) in [6.45, 7) is 4.31. The molecule has 2 aromatic rings. The number of aryl methyl sites for hydroxylation is 2. The van der Waals surface area contributed by atoms with E-state index in [-0.39, 0.29) is 5.97 Å². The zero-order chi connectivity index (χ0) is 15.2. The third-order valence-electron chi connectivity index (χ3n) is 3.14. The van der Waals surface area contributed by atoms with Crippen LogP contribution in [-0.4, -0.2) is 24.6 Å². The number of anilines is 2. The van der Waals surface area contributed by atoms with Crippen molar-refractivity contribution in [1.82, 2.24) is 4.98 Å². The molecular weight excluding hydrogens is 284 g/mol. The van der Waals surface area contributed by atoms with Crippen LogP contribution in [0.4, 0.5) is 10.8 Å². The highest BCUT2D eigenvalue weighted by molar-refractivity contribution is 7.13. The van der Waals surface area contributed by atoms with Crippen molar-refractivity contribution in [3.8, 4) is 0 Å². The maximum absolute atomic E-state index is 11.4. The maximum atomic E-state index is 11.4. The molecule has 5 heteroatoms. The van der Waals surface area contributed by atoms with Crippen LogP contribution in [0.1, 0.15) is 24.6 Å². The van der Waals surface area contributed by atoms with E-state index >= 15 is 0 Å².